The summed E-state index contributed by atoms with van der Waals surface area (Å²) in [5, 5.41) is 0. The van der Waals surface area contributed by atoms with Crippen LogP contribution in [-0.2, 0) is 17.8 Å². The minimum absolute atomic E-state index is 0.0000946. The van der Waals surface area contributed by atoms with Gasteiger partial charge in [0.15, 0.2) is 0 Å². The van der Waals surface area contributed by atoms with Gasteiger partial charge in [-0.25, -0.2) is 4.79 Å². The molecule has 2 saturated heterocycles. The Labute approximate surface area is 178 Å². The summed E-state index contributed by atoms with van der Waals surface area (Å²) in [6.45, 7) is 5.56. The number of imide groups is 1. The van der Waals surface area contributed by atoms with Gasteiger partial charge in [0, 0.05) is 45.1 Å². The van der Waals surface area contributed by atoms with E-state index < -0.39 is 5.54 Å². The van der Waals surface area contributed by atoms with Crippen molar-refractivity contribution < 1.29 is 9.59 Å². The highest BCUT2D eigenvalue weighted by Gasteiger charge is 2.57. The summed E-state index contributed by atoms with van der Waals surface area (Å²) in [6, 6.07) is 14.2. The minimum atomic E-state index is -0.659. The van der Waals surface area contributed by atoms with Gasteiger partial charge in [-0.1, -0.05) is 36.4 Å². The van der Waals surface area contributed by atoms with Crippen LogP contribution in [0.25, 0.3) is 0 Å². The molecule has 0 unspecified atom stereocenters. The number of carbonyl (C=O) groups is 2. The maximum atomic E-state index is 13.4. The van der Waals surface area contributed by atoms with Gasteiger partial charge in [0.2, 0.25) is 0 Å². The monoisotopic (exact) mass is 406 g/mol. The zero-order chi connectivity index (χ0) is 21.0. The molecule has 2 aromatic rings. The Morgan fingerprint density at radius 2 is 1.73 bits per heavy atom. The first kappa shape index (κ1) is 20.5. The maximum absolute atomic E-state index is 13.4. The number of rotatable bonds is 7. The van der Waals surface area contributed by atoms with Crippen LogP contribution in [0.4, 0.5) is 4.79 Å². The van der Waals surface area contributed by atoms with Gasteiger partial charge in [-0.3, -0.25) is 19.6 Å². The summed E-state index contributed by atoms with van der Waals surface area (Å²) in [6.07, 6.45) is 6.58. The summed E-state index contributed by atoms with van der Waals surface area (Å²) in [5.41, 5.74) is 1.76. The summed E-state index contributed by atoms with van der Waals surface area (Å²) in [7, 11) is 0. The van der Waals surface area contributed by atoms with Gasteiger partial charge in [-0.05, 0) is 49.8 Å². The van der Waals surface area contributed by atoms with Gasteiger partial charge in [0.1, 0.15) is 5.54 Å². The van der Waals surface area contributed by atoms with Crippen LogP contribution in [0, 0.1) is 0 Å². The first-order valence-electron chi connectivity index (χ1n) is 10.9. The molecule has 158 valence electrons. The van der Waals surface area contributed by atoms with Crippen molar-refractivity contribution in [2.24, 2.45) is 0 Å². The Bertz CT molecular complexity index is 863. The quantitative estimate of drug-likeness (QED) is 0.662. The summed E-state index contributed by atoms with van der Waals surface area (Å²) in [4.78, 5) is 36.3. The third kappa shape index (κ3) is 3.97. The fourth-order valence-electron chi connectivity index (χ4n) is 4.81. The zero-order valence-electron chi connectivity index (χ0n) is 17.7. The lowest BCUT2D eigenvalue weighted by atomic mass is 9.85. The predicted octanol–water partition coefficient (Wildman–Crippen LogP) is 3.33. The number of aryl methyl sites for hydroxylation is 1. The van der Waals surface area contributed by atoms with E-state index in [1.54, 1.807) is 6.20 Å². The van der Waals surface area contributed by atoms with Crippen molar-refractivity contribution in [3.05, 3.63) is 66.0 Å². The fourth-order valence-corrected chi connectivity index (χ4v) is 4.81. The highest BCUT2D eigenvalue weighted by atomic mass is 16.2. The molecule has 2 fully saturated rings. The molecular formula is C24H30N4O2. The van der Waals surface area contributed by atoms with Crippen LogP contribution in [0.15, 0.2) is 54.9 Å². The predicted molar refractivity (Wildman–Crippen MR) is 116 cm³/mol. The molecule has 6 nitrogen and oxygen atoms in total. The smallest absolute Gasteiger partial charge is 0.310 e. The van der Waals surface area contributed by atoms with Gasteiger partial charge in [-0.15, -0.1) is 0 Å². The number of likely N-dealkylation sites (tertiary alicyclic amines) is 1. The van der Waals surface area contributed by atoms with E-state index in [4.69, 9.17) is 0 Å². The Hall–Kier alpha value is -2.73. The topological polar surface area (TPSA) is 56.8 Å². The number of pyridine rings is 1. The molecule has 1 aromatic carbocycles. The molecule has 0 bridgehead atoms. The van der Waals surface area contributed by atoms with Crippen LogP contribution >= 0.6 is 0 Å². The third-order valence-electron chi connectivity index (χ3n) is 6.44. The second-order valence-electron chi connectivity index (χ2n) is 8.24. The SMILES string of the molecule is CCN1C(=O)N(CCCc2cccnc2)C(=O)C12CCN(Cc1ccccc1)CC2. The van der Waals surface area contributed by atoms with Gasteiger partial charge in [-0.2, -0.15) is 0 Å². The highest BCUT2D eigenvalue weighted by Crippen LogP contribution is 2.37. The number of carbonyl (C=O) groups excluding carboxylic acids is 2. The largest absolute Gasteiger partial charge is 0.327 e. The molecule has 2 aliphatic rings. The van der Waals surface area contributed by atoms with Crippen molar-refractivity contribution in [1.29, 1.82) is 0 Å². The van der Waals surface area contributed by atoms with Crippen LogP contribution in [0.1, 0.15) is 37.3 Å². The Morgan fingerprint density at radius 3 is 2.40 bits per heavy atom. The lowest BCUT2D eigenvalue weighted by Crippen LogP contribution is -2.56. The van der Waals surface area contributed by atoms with Crippen LogP contribution in [-0.4, -0.2) is 63.3 Å². The lowest BCUT2D eigenvalue weighted by molar-refractivity contribution is -0.135. The summed E-state index contributed by atoms with van der Waals surface area (Å²) >= 11 is 0. The average Bonchev–Trinajstić information content (AvgIpc) is 2.97. The zero-order valence-corrected chi connectivity index (χ0v) is 17.7. The van der Waals surface area contributed by atoms with Crippen LogP contribution in [0.3, 0.4) is 0 Å². The van der Waals surface area contributed by atoms with Gasteiger partial charge in [0.25, 0.3) is 5.91 Å². The van der Waals surface area contributed by atoms with Crippen molar-refractivity contribution in [3.63, 3.8) is 0 Å². The fraction of sp³-hybridized carbons (Fsp3) is 0.458. The van der Waals surface area contributed by atoms with Crippen LogP contribution in [0.5, 0.6) is 0 Å². The van der Waals surface area contributed by atoms with Gasteiger partial charge in [0.05, 0.1) is 0 Å². The van der Waals surface area contributed by atoms with E-state index in [1.165, 1.54) is 10.5 Å². The third-order valence-corrected chi connectivity index (χ3v) is 6.44. The molecule has 3 amide bonds. The summed E-state index contributed by atoms with van der Waals surface area (Å²) in [5.74, 6) is -0.0000946. The molecule has 1 spiro atoms. The highest BCUT2D eigenvalue weighted by molar-refractivity contribution is 6.07. The van der Waals surface area contributed by atoms with Crippen molar-refractivity contribution >= 4 is 11.9 Å². The second-order valence-corrected chi connectivity index (χ2v) is 8.24. The minimum Gasteiger partial charge on any atom is -0.310 e. The average molecular weight is 407 g/mol. The van der Waals surface area contributed by atoms with E-state index in [0.717, 1.165) is 38.0 Å². The number of likely N-dealkylation sites (N-methyl/N-ethyl adjacent to an activating group) is 1. The van der Waals surface area contributed by atoms with Crippen molar-refractivity contribution in [3.8, 4) is 0 Å². The van der Waals surface area contributed by atoms with Crippen molar-refractivity contribution in [2.45, 2.75) is 44.7 Å². The molecule has 30 heavy (non-hydrogen) atoms. The van der Waals surface area contributed by atoms with E-state index in [0.29, 0.717) is 25.9 Å². The lowest BCUT2D eigenvalue weighted by Gasteiger charge is -2.42. The molecule has 2 aliphatic heterocycles. The van der Waals surface area contributed by atoms with E-state index in [9.17, 15) is 9.59 Å². The number of urea groups is 1. The van der Waals surface area contributed by atoms with Crippen molar-refractivity contribution in [2.75, 3.05) is 26.2 Å². The Morgan fingerprint density at radius 1 is 1.00 bits per heavy atom. The number of hydrogen-bond acceptors (Lipinski definition) is 4. The molecule has 6 heteroatoms. The van der Waals surface area contributed by atoms with Crippen molar-refractivity contribution in [1.82, 2.24) is 19.7 Å². The second kappa shape index (κ2) is 8.96. The van der Waals surface area contributed by atoms with Crippen LogP contribution in [0.2, 0.25) is 0 Å². The number of amides is 3. The Kier molecular flexibility index (Phi) is 6.13. The molecule has 1 aromatic heterocycles. The van der Waals surface area contributed by atoms with E-state index >= 15 is 0 Å². The number of benzene rings is 1. The molecule has 0 radical (unpaired) electrons. The molecule has 0 saturated carbocycles. The Balaban J connectivity index is 1.39. The molecule has 0 N–H and O–H groups in total. The normalized spacial score (nSPS) is 19.1. The van der Waals surface area contributed by atoms with Gasteiger partial charge < -0.3 is 4.90 Å². The number of aromatic nitrogens is 1. The van der Waals surface area contributed by atoms with Gasteiger partial charge >= 0.3 is 6.03 Å². The molecule has 4 rings (SSSR count). The molecule has 0 atom stereocenters. The standard InChI is InChI=1S/C24H30N4O2/c1-2-28-23(30)27(15-7-11-20-10-6-14-25-18-20)22(29)24(28)12-16-26(17-13-24)19-21-8-4-3-5-9-21/h3-6,8-10,14,18H,2,7,11-13,15-17,19H2,1H3. The molecule has 0 aliphatic carbocycles. The first-order chi connectivity index (χ1) is 14.6. The number of hydrogen-bond donors (Lipinski definition) is 0. The molecule has 3 heterocycles. The van der Waals surface area contributed by atoms with E-state index in [-0.39, 0.29) is 11.9 Å². The van der Waals surface area contributed by atoms with Crippen LogP contribution < -0.4 is 0 Å². The number of piperidine rings is 1. The van der Waals surface area contributed by atoms with E-state index in [2.05, 4.69) is 34.1 Å². The first-order valence-corrected chi connectivity index (χ1v) is 10.9. The summed E-state index contributed by atoms with van der Waals surface area (Å²) < 4.78 is 0. The maximum Gasteiger partial charge on any atom is 0.327 e. The molecular weight excluding hydrogens is 376 g/mol. The number of nitrogens with zero attached hydrogens (tertiary/aromatic N) is 4. The van der Waals surface area contributed by atoms with E-state index in [1.807, 2.05) is 36.2 Å².